The van der Waals surface area contributed by atoms with Crippen LogP contribution in [0.4, 0.5) is 0 Å². The Morgan fingerprint density at radius 1 is 1.17 bits per heavy atom. The average molecular weight is 359 g/mol. The molecule has 138 valence electrons. The molecule has 0 aromatic heterocycles. The molecule has 1 aliphatic rings. The molecule has 3 N–H and O–H groups in total. The predicted octanol–water partition coefficient (Wildman–Crippen LogP) is 2.36. The van der Waals surface area contributed by atoms with E-state index in [2.05, 4.69) is 30.5 Å². The number of hydrogen-bond acceptors (Lipinski definition) is 5. The van der Waals surface area contributed by atoms with E-state index in [-0.39, 0.29) is 24.4 Å². The number of nitrogens with one attached hydrogen (secondary N) is 2. The fourth-order valence-electron chi connectivity index (χ4n) is 2.66. The molecule has 1 saturated heterocycles. The highest BCUT2D eigenvalue weighted by atomic mass is 35.5. The standard InChI is InChI=1S/C18H30N2O3.ClH/c1-3-7-22-16-6-5-14(18(9-16)23-8-4-2)10-19-11-15-12-20-13-17(15)21;/h5-6,9,15,17,19-21H,3-4,7-8,10-13H2,1-2H3;1H. The zero-order chi connectivity index (χ0) is 16.5. The molecule has 0 amide bonds. The molecule has 1 aromatic carbocycles. The van der Waals surface area contributed by atoms with Crippen molar-refractivity contribution in [2.45, 2.75) is 39.3 Å². The van der Waals surface area contributed by atoms with Gasteiger partial charge in [-0.1, -0.05) is 19.9 Å². The van der Waals surface area contributed by atoms with Crippen molar-refractivity contribution >= 4 is 12.4 Å². The van der Waals surface area contributed by atoms with Crippen molar-refractivity contribution < 1.29 is 14.6 Å². The predicted molar refractivity (Wildman–Crippen MR) is 99.3 cm³/mol. The number of rotatable bonds is 10. The normalized spacial score (nSPS) is 19.8. The number of ether oxygens (including phenoxy) is 2. The summed E-state index contributed by atoms with van der Waals surface area (Å²) >= 11 is 0. The van der Waals surface area contributed by atoms with Gasteiger partial charge in [-0.2, -0.15) is 0 Å². The van der Waals surface area contributed by atoms with E-state index < -0.39 is 0 Å². The largest absolute Gasteiger partial charge is 0.493 e. The van der Waals surface area contributed by atoms with Crippen molar-refractivity contribution in [2.24, 2.45) is 5.92 Å². The molecule has 6 heteroatoms. The third-order valence-corrected chi connectivity index (χ3v) is 4.00. The van der Waals surface area contributed by atoms with Crippen LogP contribution in [-0.2, 0) is 6.54 Å². The SMILES string of the molecule is CCCOc1ccc(CNCC2CNCC2O)c(OCCC)c1.Cl. The fraction of sp³-hybridized carbons (Fsp3) is 0.667. The molecule has 24 heavy (non-hydrogen) atoms. The van der Waals surface area contributed by atoms with Crippen molar-refractivity contribution in [3.63, 3.8) is 0 Å². The van der Waals surface area contributed by atoms with Crippen LogP contribution in [0.1, 0.15) is 32.3 Å². The second kappa shape index (κ2) is 11.5. The highest BCUT2D eigenvalue weighted by molar-refractivity contribution is 5.85. The fourth-order valence-corrected chi connectivity index (χ4v) is 2.66. The molecule has 0 radical (unpaired) electrons. The summed E-state index contributed by atoms with van der Waals surface area (Å²) < 4.78 is 11.6. The number of halogens is 1. The lowest BCUT2D eigenvalue weighted by Crippen LogP contribution is -2.30. The van der Waals surface area contributed by atoms with E-state index in [1.807, 2.05) is 12.1 Å². The second-order valence-electron chi connectivity index (χ2n) is 6.08. The summed E-state index contributed by atoms with van der Waals surface area (Å²) in [5.41, 5.74) is 1.13. The zero-order valence-corrected chi connectivity index (χ0v) is 15.5. The lowest BCUT2D eigenvalue weighted by Gasteiger charge is -2.17. The molecule has 2 rings (SSSR count). The van der Waals surface area contributed by atoms with Gasteiger partial charge in [0.25, 0.3) is 0 Å². The summed E-state index contributed by atoms with van der Waals surface area (Å²) in [6.07, 6.45) is 1.72. The zero-order valence-electron chi connectivity index (χ0n) is 14.7. The lowest BCUT2D eigenvalue weighted by atomic mass is 10.1. The number of aliphatic hydroxyl groups excluding tert-OH is 1. The van der Waals surface area contributed by atoms with E-state index in [0.29, 0.717) is 13.2 Å². The highest BCUT2D eigenvalue weighted by Gasteiger charge is 2.24. The number of aliphatic hydroxyl groups is 1. The molecule has 1 aromatic rings. The molecule has 0 bridgehead atoms. The Hall–Kier alpha value is -1.01. The first-order chi connectivity index (χ1) is 11.2. The van der Waals surface area contributed by atoms with Gasteiger partial charge < -0.3 is 25.2 Å². The molecule has 1 fully saturated rings. The molecule has 5 nitrogen and oxygen atoms in total. The Bertz CT molecular complexity index is 474. The number of benzene rings is 1. The van der Waals surface area contributed by atoms with Crippen LogP contribution >= 0.6 is 12.4 Å². The van der Waals surface area contributed by atoms with Crippen LogP contribution in [0.2, 0.25) is 0 Å². The van der Waals surface area contributed by atoms with Gasteiger partial charge in [-0.3, -0.25) is 0 Å². The van der Waals surface area contributed by atoms with Crippen LogP contribution in [0.5, 0.6) is 11.5 Å². The van der Waals surface area contributed by atoms with Crippen molar-refractivity contribution in [1.82, 2.24) is 10.6 Å². The van der Waals surface area contributed by atoms with E-state index in [1.165, 1.54) is 0 Å². The van der Waals surface area contributed by atoms with Crippen LogP contribution in [0.3, 0.4) is 0 Å². The van der Waals surface area contributed by atoms with Crippen LogP contribution in [-0.4, -0.2) is 44.1 Å². The summed E-state index contributed by atoms with van der Waals surface area (Å²) in [6.45, 7) is 8.72. The molecular formula is C18H31ClN2O3. The monoisotopic (exact) mass is 358 g/mol. The van der Waals surface area contributed by atoms with Gasteiger partial charge in [-0.05, 0) is 18.9 Å². The minimum Gasteiger partial charge on any atom is -0.493 e. The maximum atomic E-state index is 9.83. The maximum absolute atomic E-state index is 9.83. The average Bonchev–Trinajstić information content (AvgIpc) is 2.97. The van der Waals surface area contributed by atoms with Gasteiger partial charge in [0.15, 0.2) is 0 Å². The number of hydrogen-bond donors (Lipinski definition) is 3. The Morgan fingerprint density at radius 3 is 2.58 bits per heavy atom. The van der Waals surface area contributed by atoms with Crippen molar-refractivity contribution in [2.75, 3.05) is 32.8 Å². The van der Waals surface area contributed by atoms with Gasteiger partial charge in [-0.15, -0.1) is 12.4 Å². The highest BCUT2D eigenvalue weighted by Crippen LogP contribution is 2.25. The van der Waals surface area contributed by atoms with Gasteiger partial charge >= 0.3 is 0 Å². The van der Waals surface area contributed by atoms with Gasteiger partial charge in [0.1, 0.15) is 11.5 Å². The lowest BCUT2D eigenvalue weighted by molar-refractivity contribution is 0.146. The number of β-amino-alcohol motifs (C(OH)–C–C–N with tert-alkyl or cyclic N) is 1. The van der Waals surface area contributed by atoms with Crippen LogP contribution < -0.4 is 20.1 Å². The second-order valence-corrected chi connectivity index (χ2v) is 6.08. The summed E-state index contributed by atoms with van der Waals surface area (Å²) in [6, 6.07) is 6.04. The third kappa shape index (κ3) is 6.48. The van der Waals surface area contributed by atoms with E-state index in [9.17, 15) is 5.11 Å². The minimum absolute atomic E-state index is 0. The molecule has 0 spiro atoms. The Labute approximate surface area is 151 Å². The Kier molecular flexibility index (Phi) is 10.1. The molecule has 1 heterocycles. The van der Waals surface area contributed by atoms with Crippen LogP contribution in [0.25, 0.3) is 0 Å². The first-order valence-electron chi connectivity index (χ1n) is 8.72. The summed E-state index contributed by atoms with van der Waals surface area (Å²) in [4.78, 5) is 0. The van der Waals surface area contributed by atoms with Crippen molar-refractivity contribution in [3.05, 3.63) is 23.8 Å². The smallest absolute Gasteiger partial charge is 0.127 e. The van der Waals surface area contributed by atoms with E-state index in [1.54, 1.807) is 0 Å². The van der Waals surface area contributed by atoms with Crippen LogP contribution in [0, 0.1) is 5.92 Å². The molecule has 0 saturated carbocycles. The van der Waals surface area contributed by atoms with Gasteiger partial charge in [0.05, 0.1) is 19.3 Å². The first-order valence-corrected chi connectivity index (χ1v) is 8.72. The molecule has 0 aliphatic carbocycles. The van der Waals surface area contributed by atoms with E-state index in [4.69, 9.17) is 9.47 Å². The molecule has 2 atom stereocenters. The van der Waals surface area contributed by atoms with E-state index >= 15 is 0 Å². The molecule has 1 aliphatic heterocycles. The van der Waals surface area contributed by atoms with Gasteiger partial charge in [-0.25, -0.2) is 0 Å². The summed E-state index contributed by atoms with van der Waals surface area (Å²) in [5.74, 6) is 2.03. The van der Waals surface area contributed by atoms with E-state index in [0.717, 1.165) is 56.1 Å². The summed E-state index contributed by atoms with van der Waals surface area (Å²) in [7, 11) is 0. The topological polar surface area (TPSA) is 62.8 Å². The Balaban J connectivity index is 0.00000288. The molecule has 2 unspecified atom stereocenters. The first kappa shape index (κ1) is 21.0. The van der Waals surface area contributed by atoms with Crippen molar-refractivity contribution in [3.8, 4) is 11.5 Å². The van der Waals surface area contributed by atoms with Crippen molar-refractivity contribution in [1.29, 1.82) is 0 Å². The quantitative estimate of drug-likeness (QED) is 0.599. The van der Waals surface area contributed by atoms with Crippen LogP contribution in [0.15, 0.2) is 18.2 Å². The van der Waals surface area contributed by atoms with Gasteiger partial charge in [0.2, 0.25) is 0 Å². The third-order valence-electron chi connectivity index (χ3n) is 4.00. The summed E-state index contributed by atoms with van der Waals surface area (Å²) in [5, 5.41) is 16.5. The Morgan fingerprint density at radius 2 is 1.92 bits per heavy atom. The molecular weight excluding hydrogens is 328 g/mol. The maximum Gasteiger partial charge on any atom is 0.127 e. The van der Waals surface area contributed by atoms with Gasteiger partial charge in [0, 0.05) is 43.7 Å². The minimum atomic E-state index is -0.247.